The van der Waals surface area contributed by atoms with E-state index in [0.717, 1.165) is 25.3 Å². The molecule has 102 valence electrons. The van der Waals surface area contributed by atoms with Gasteiger partial charge in [-0.15, -0.1) is 0 Å². The molecule has 1 aliphatic heterocycles. The lowest BCUT2D eigenvalue weighted by Crippen LogP contribution is -2.48. The molecule has 0 aromatic carbocycles. The highest BCUT2D eigenvalue weighted by Gasteiger charge is 2.22. The van der Waals surface area contributed by atoms with Crippen molar-refractivity contribution in [3.63, 3.8) is 0 Å². The Morgan fingerprint density at radius 2 is 1.95 bits per heavy atom. The fourth-order valence-corrected chi connectivity index (χ4v) is 2.12. The third-order valence-corrected chi connectivity index (χ3v) is 3.14. The van der Waals surface area contributed by atoms with Gasteiger partial charge in [0.2, 0.25) is 5.91 Å². The minimum atomic E-state index is -1.07. The van der Waals surface area contributed by atoms with Crippen molar-refractivity contribution in [3.8, 4) is 0 Å². The Labute approximate surface area is 111 Å². The minimum Gasteiger partial charge on any atom is -0.481 e. The van der Waals surface area contributed by atoms with Crippen molar-refractivity contribution in [2.75, 3.05) is 26.2 Å². The molecule has 1 fully saturated rings. The quantitative estimate of drug-likeness (QED) is 0.786. The first-order valence-corrected chi connectivity index (χ1v) is 6.27. The Morgan fingerprint density at radius 1 is 1.21 bits per heavy atom. The number of pyridine rings is 1. The average Bonchev–Trinajstić information content (AvgIpc) is 2.40. The molecule has 1 N–H and O–H groups in total. The van der Waals surface area contributed by atoms with Crippen LogP contribution in [0.4, 0.5) is 0 Å². The second-order valence-corrected chi connectivity index (χ2v) is 4.55. The smallest absolute Gasteiger partial charge is 0.312 e. The van der Waals surface area contributed by atoms with Crippen LogP contribution in [0.1, 0.15) is 12.1 Å². The maximum atomic E-state index is 11.6. The van der Waals surface area contributed by atoms with Crippen molar-refractivity contribution < 1.29 is 14.7 Å². The number of carboxylic acids is 1. The normalized spacial score (nSPS) is 16.3. The zero-order valence-corrected chi connectivity index (χ0v) is 10.7. The summed E-state index contributed by atoms with van der Waals surface area (Å²) < 4.78 is 0. The molecule has 1 amide bonds. The van der Waals surface area contributed by atoms with Gasteiger partial charge >= 0.3 is 5.97 Å². The van der Waals surface area contributed by atoms with E-state index < -0.39 is 12.4 Å². The van der Waals surface area contributed by atoms with Crippen LogP contribution < -0.4 is 0 Å². The summed E-state index contributed by atoms with van der Waals surface area (Å²) in [5, 5.41) is 8.60. The third-order valence-electron chi connectivity index (χ3n) is 3.14. The number of carbonyl (C=O) groups is 2. The number of carboxylic acid groups (broad SMARTS) is 1. The highest BCUT2D eigenvalue weighted by Crippen LogP contribution is 2.07. The molecule has 2 heterocycles. The van der Waals surface area contributed by atoms with Gasteiger partial charge in [0, 0.05) is 38.9 Å². The van der Waals surface area contributed by atoms with Gasteiger partial charge in [0.15, 0.2) is 0 Å². The van der Waals surface area contributed by atoms with E-state index in [-0.39, 0.29) is 5.91 Å². The van der Waals surface area contributed by atoms with Crippen LogP contribution in [0.15, 0.2) is 24.4 Å². The van der Waals surface area contributed by atoms with Crippen molar-refractivity contribution in [2.24, 2.45) is 0 Å². The number of rotatable bonds is 4. The first-order chi connectivity index (χ1) is 9.15. The first-order valence-electron chi connectivity index (χ1n) is 6.27. The summed E-state index contributed by atoms with van der Waals surface area (Å²) in [7, 11) is 0. The molecule has 6 nitrogen and oxygen atoms in total. The lowest BCUT2D eigenvalue weighted by molar-refractivity contribution is -0.145. The van der Waals surface area contributed by atoms with Crippen LogP contribution in [0.2, 0.25) is 0 Å². The van der Waals surface area contributed by atoms with E-state index in [1.54, 1.807) is 11.1 Å². The molecule has 1 aliphatic rings. The summed E-state index contributed by atoms with van der Waals surface area (Å²) in [6.45, 7) is 3.43. The second-order valence-electron chi connectivity index (χ2n) is 4.55. The monoisotopic (exact) mass is 263 g/mol. The molecule has 19 heavy (non-hydrogen) atoms. The van der Waals surface area contributed by atoms with Crippen LogP contribution in [-0.2, 0) is 16.1 Å². The number of aliphatic carboxylic acids is 1. The van der Waals surface area contributed by atoms with Crippen LogP contribution in [0.3, 0.4) is 0 Å². The molecule has 0 atom stereocenters. The number of hydrogen-bond acceptors (Lipinski definition) is 4. The topological polar surface area (TPSA) is 73.7 Å². The van der Waals surface area contributed by atoms with Crippen molar-refractivity contribution in [1.29, 1.82) is 0 Å². The molecule has 1 saturated heterocycles. The maximum absolute atomic E-state index is 11.6. The largest absolute Gasteiger partial charge is 0.481 e. The van der Waals surface area contributed by atoms with Gasteiger partial charge in [-0.1, -0.05) is 6.07 Å². The van der Waals surface area contributed by atoms with E-state index in [1.807, 2.05) is 18.2 Å². The van der Waals surface area contributed by atoms with Gasteiger partial charge in [-0.25, -0.2) is 0 Å². The summed E-state index contributed by atoms with van der Waals surface area (Å²) in [5.74, 6) is -1.37. The summed E-state index contributed by atoms with van der Waals surface area (Å²) in [5.41, 5.74) is 1.01. The summed E-state index contributed by atoms with van der Waals surface area (Å²) in [6, 6.07) is 5.81. The van der Waals surface area contributed by atoms with Gasteiger partial charge in [-0.3, -0.25) is 19.5 Å². The van der Waals surface area contributed by atoms with Crippen LogP contribution >= 0.6 is 0 Å². The third kappa shape index (κ3) is 4.03. The standard InChI is InChI=1S/C13H17N3O3/c17-12(9-13(18)19)16-7-5-15(6-8-16)10-11-3-1-2-4-14-11/h1-4H,5-10H2,(H,18,19). The number of aromatic nitrogens is 1. The molecule has 0 saturated carbocycles. The molecular weight excluding hydrogens is 246 g/mol. The van der Waals surface area contributed by atoms with Gasteiger partial charge in [0.25, 0.3) is 0 Å². The number of hydrogen-bond donors (Lipinski definition) is 1. The van der Waals surface area contributed by atoms with Gasteiger partial charge in [-0.05, 0) is 12.1 Å². The Morgan fingerprint density at radius 3 is 2.53 bits per heavy atom. The van der Waals surface area contributed by atoms with E-state index >= 15 is 0 Å². The Balaban J connectivity index is 1.79. The van der Waals surface area contributed by atoms with Crippen LogP contribution in [0.5, 0.6) is 0 Å². The molecule has 1 aromatic rings. The maximum Gasteiger partial charge on any atom is 0.312 e. The zero-order valence-electron chi connectivity index (χ0n) is 10.7. The number of nitrogens with zero attached hydrogens (tertiary/aromatic N) is 3. The Hall–Kier alpha value is -1.95. The van der Waals surface area contributed by atoms with Gasteiger partial charge in [-0.2, -0.15) is 0 Å². The fourth-order valence-electron chi connectivity index (χ4n) is 2.12. The van der Waals surface area contributed by atoms with Crippen LogP contribution in [-0.4, -0.2) is 57.9 Å². The minimum absolute atomic E-state index is 0.301. The molecule has 6 heteroatoms. The predicted molar refractivity (Wildman–Crippen MR) is 68.3 cm³/mol. The molecule has 1 aromatic heterocycles. The highest BCUT2D eigenvalue weighted by atomic mass is 16.4. The summed E-state index contributed by atoms with van der Waals surface area (Å²) >= 11 is 0. The van der Waals surface area contributed by atoms with Crippen LogP contribution in [0, 0.1) is 0 Å². The van der Waals surface area contributed by atoms with E-state index in [4.69, 9.17) is 5.11 Å². The van der Waals surface area contributed by atoms with Crippen LogP contribution in [0.25, 0.3) is 0 Å². The van der Waals surface area contributed by atoms with Crippen molar-refractivity contribution in [1.82, 2.24) is 14.8 Å². The van der Waals surface area contributed by atoms with Crippen molar-refractivity contribution in [2.45, 2.75) is 13.0 Å². The summed E-state index contributed by atoms with van der Waals surface area (Å²) in [6.07, 6.45) is 1.35. The molecule has 0 radical (unpaired) electrons. The SMILES string of the molecule is O=C(O)CC(=O)N1CCN(Cc2ccccn2)CC1. The lowest BCUT2D eigenvalue weighted by atomic mass is 10.2. The molecule has 0 bridgehead atoms. The van der Waals surface area contributed by atoms with Gasteiger partial charge in [0.05, 0.1) is 5.69 Å². The Kier molecular flexibility index (Phi) is 4.46. The van der Waals surface area contributed by atoms with Crippen molar-refractivity contribution in [3.05, 3.63) is 30.1 Å². The highest BCUT2D eigenvalue weighted by molar-refractivity contribution is 5.93. The van der Waals surface area contributed by atoms with Gasteiger partial charge in [0.1, 0.15) is 6.42 Å². The number of carbonyl (C=O) groups excluding carboxylic acids is 1. The van der Waals surface area contributed by atoms with E-state index in [1.165, 1.54) is 0 Å². The van der Waals surface area contributed by atoms with E-state index in [0.29, 0.717) is 13.1 Å². The summed E-state index contributed by atoms with van der Waals surface area (Å²) in [4.78, 5) is 30.2. The van der Waals surface area contributed by atoms with Gasteiger partial charge < -0.3 is 10.0 Å². The molecule has 0 spiro atoms. The molecular formula is C13H17N3O3. The van der Waals surface area contributed by atoms with E-state index in [9.17, 15) is 9.59 Å². The molecule has 2 rings (SSSR count). The first kappa shape index (κ1) is 13.5. The zero-order chi connectivity index (χ0) is 13.7. The Bertz CT molecular complexity index is 442. The van der Waals surface area contributed by atoms with Crippen molar-refractivity contribution >= 4 is 11.9 Å². The molecule has 0 aliphatic carbocycles. The second kappa shape index (κ2) is 6.29. The predicted octanol–water partition coefficient (Wildman–Crippen LogP) is 0.200. The average molecular weight is 263 g/mol. The fraction of sp³-hybridized carbons (Fsp3) is 0.462. The lowest BCUT2D eigenvalue weighted by Gasteiger charge is -2.34. The number of piperazine rings is 1. The molecule has 0 unspecified atom stereocenters. The number of amides is 1. The van der Waals surface area contributed by atoms with E-state index in [2.05, 4.69) is 9.88 Å².